The minimum atomic E-state index is 0.0296. The smallest absolute Gasteiger partial charge is 0.193 e. The summed E-state index contributed by atoms with van der Waals surface area (Å²) >= 11 is 0. The van der Waals surface area contributed by atoms with E-state index in [-0.39, 0.29) is 5.78 Å². The number of ketones is 1. The van der Waals surface area contributed by atoms with E-state index in [4.69, 9.17) is 0 Å². The summed E-state index contributed by atoms with van der Waals surface area (Å²) in [6, 6.07) is 47.7. The second-order valence-electron chi connectivity index (χ2n) is 10.2. The number of carbonyl (C=O) groups is 1. The SMILES string of the molecule is O=C(c1ccc(-n2c3ccccc3c3c4c(ccc32)ccn4-c2ccccc2)cc1)c1ccc2ccccc2c1. The maximum absolute atomic E-state index is 13.4. The summed E-state index contributed by atoms with van der Waals surface area (Å²) in [5.41, 5.74) is 7.02. The summed E-state index contributed by atoms with van der Waals surface area (Å²) in [5.74, 6) is 0.0296. The van der Waals surface area contributed by atoms with Gasteiger partial charge in [0.25, 0.3) is 0 Å². The van der Waals surface area contributed by atoms with E-state index in [1.165, 1.54) is 21.7 Å². The third kappa shape index (κ3) is 3.41. The number of hydrogen-bond donors (Lipinski definition) is 0. The average molecular weight is 513 g/mol. The van der Waals surface area contributed by atoms with Crippen molar-refractivity contribution in [3.63, 3.8) is 0 Å². The number of nitrogens with zero attached hydrogens (tertiary/aromatic N) is 2. The molecular formula is C37H24N2O. The Kier molecular flexibility index (Phi) is 4.98. The first-order valence-electron chi connectivity index (χ1n) is 13.5. The Morgan fingerprint density at radius 1 is 0.500 bits per heavy atom. The number of hydrogen-bond acceptors (Lipinski definition) is 1. The molecular weight excluding hydrogens is 488 g/mol. The number of benzene rings is 6. The van der Waals surface area contributed by atoms with Crippen molar-refractivity contribution in [3.8, 4) is 11.4 Å². The Labute approximate surface area is 231 Å². The van der Waals surface area contributed by atoms with Crippen molar-refractivity contribution < 1.29 is 4.79 Å². The monoisotopic (exact) mass is 512 g/mol. The van der Waals surface area contributed by atoms with Crippen LogP contribution in [0.5, 0.6) is 0 Å². The topological polar surface area (TPSA) is 26.9 Å². The van der Waals surface area contributed by atoms with Crippen LogP contribution in [0.15, 0.2) is 146 Å². The fourth-order valence-electron chi connectivity index (χ4n) is 6.02. The van der Waals surface area contributed by atoms with Gasteiger partial charge in [-0.1, -0.05) is 78.9 Å². The molecule has 8 rings (SSSR count). The van der Waals surface area contributed by atoms with Gasteiger partial charge in [-0.3, -0.25) is 4.79 Å². The third-order valence-electron chi connectivity index (χ3n) is 7.92. The molecule has 0 aliphatic carbocycles. The highest BCUT2D eigenvalue weighted by molar-refractivity contribution is 6.21. The number of aromatic nitrogens is 2. The van der Waals surface area contributed by atoms with Crippen LogP contribution in [0.25, 0.3) is 54.9 Å². The number of carbonyl (C=O) groups excluding carboxylic acids is 1. The lowest BCUT2D eigenvalue weighted by Crippen LogP contribution is -2.02. The van der Waals surface area contributed by atoms with Crippen LogP contribution in [0.2, 0.25) is 0 Å². The standard InChI is InChI=1S/C37H24N2O/c40-37(29-15-14-25-8-4-5-9-28(25)24-29)27-16-19-31(20-17-27)39-33-13-7-6-12-32(33)35-34(39)21-18-26-22-23-38(36(26)35)30-10-2-1-3-11-30/h1-24H. The molecule has 0 radical (unpaired) electrons. The number of para-hydroxylation sites is 2. The quantitative estimate of drug-likeness (QED) is 0.216. The largest absolute Gasteiger partial charge is 0.316 e. The van der Waals surface area contributed by atoms with Gasteiger partial charge in [-0.15, -0.1) is 0 Å². The molecule has 0 atom stereocenters. The molecule has 8 aromatic rings. The van der Waals surface area contributed by atoms with Gasteiger partial charge in [0, 0.05) is 44.9 Å². The van der Waals surface area contributed by atoms with Gasteiger partial charge < -0.3 is 9.13 Å². The zero-order valence-corrected chi connectivity index (χ0v) is 21.7. The first-order valence-corrected chi connectivity index (χ1v) is 13.5. The van der Waals surface area contributed by atoms with Crippen LogP contribution in [0.3, 0.4) is 0 Å². The molecule has 3 heteroatoms. The van der Waals surface area contributed by atoms with Gasteiger partial charge in [-0.25, -0.2) is 0 Å². The van der Waals surface area contributed by atoms with E-state index in [2.05, 4.69) is 100 Å². The predicted octanol–water partition coefficient (Wildman–Crippen LogP) is 9.11. The highest BCUT2D eigenvalue weighted by atomic mass is 16.1. The van der Waals surface area contributed by atoms with E-state index in [1.54, 1.807) is 0 Å². The van der Waals surface area contributed by atoms with Gasteiger partial charge in [0.2, 0.25) is 0 Å². The molecule has 2 aromatic heterocycles. The van der Waals surface area contributed by atoms with Gasteiger partial charge in [0.05, 0.1) is 16.6 Å². The van der Waals surface area contributed by atoms with Crippen molar-refractivity contribution in [2.24, 2.45) is 0 Å². The minimum absolute atomic E-state index is 0.0296. The third-order valence-corrected chi connectivity index (χ3v) is 7.92. The molecule has 40 heavy (non-hydrogen) atoms. The zero-order chi connectivity index (χ0) is 26.6. The minimum Gasteiger partial charge on any atom is -0.316 e. The van der Waals surface area contributed by atoms with Crippen LogP contribution >= 0.6 is 0 Å². The Morgan fingerprint density at radius 3 is 2.05 bits per heavy atom. The average Bonchev–Trinajstić information content (AvgIpc) is 3.60. The second-order valence-corrected chi connectivity index (χ2v) is 10.2. The van der Waals surface area contributed by atoms with Crippen molar-refractivity contribution in [2.75, 3.05) is 0 Å². The first-order chi connectivity index (χ1) is 19.8. The van der Waals surface area contributed by atoms with Gasteiger partial charge in [-0.2, -0.15) is 0 Å². The lowest BCUT2D eigenvalue weighted by Gasteiger charge is -2.10. The van der Waals surface area contributed by atoms with Crippen LogP contribution in [0, 0.1) is 0 Å². The summed E-state index contributed by atoms with van der Waals surface area (Å²) < 4.78 is 4.58. The van der Waals surface area contributed by atoms with E-state index < -0.39 is 0 Å². The maximum atomic E-state index is 13.4. The molecule has 3 nitrogen and oxygen atoms in total. The van der Waals surface area contributed by atoms with Crippen molar-refractivity contribution in [2.45, 2.75) is 0 Å². The molecule has 0 unspecified atom stereocenters. The molecule has 0 bridgehead atoms. The van der Waals surface area contributed by atoms with E-state index in [1.807, 2.05) is 54.6 Å². The number of rotatable bonds is 4. The Hall–Kier alpha value is -5.41. The molecule has 0 spiro atoms. The molecule has 0 fully saturated rings. The first kappa shape index (κ1) is 22.6. The molecule has 0 saturated heterocycles. The van der Waals surface area contributed by atoms with Crippen LogP contribution in [-0.4, -0.2) is 14.9 Å². The fourth-order valence-corrected chi connectivity index (χ4v) is 6.02. The van der Waals surface area contributed by atoms with Crippen molar-refractivity contribution in [1.29, 1.82) is 0 Å². The Balaban J connectivity index is 1.28. The zero-order valence-electron chi connectivity index (χ0n) is 21.7. The van der Waals surface area contributed by atoms with Crippen molar-refractivity contribution in [1.82, 2.24) is 9.13 Å². The highest BCUT2D eigenvalue weighted by Gasteiger charge is 2.18. The van der Waals surface area contributed by atoms with Crippen LogP contribution < -0.4 is 0 Å². The molecule has 188 valence electrons. The van der Waals surface area contributed by atoms with Crippen LogP contribution in [0.4, 0.5) is 0 Å². The van der Waals surface area contributed by atoms with E-state index in [0.29, 0.717) is 11.1 Å². The summed E-state index contributed by atoms with van der Waals surface area (Å²) in [6.07, 6.45) is 2.15. The van der Waals surface area contributed by atoms with Crippen LogP contribution in [0.1, 0.15) is 15.9 Å². The summed E-state index contributed by atoms with van der Waals surface area (Å²) in [6.45, 7) is 0. The highest BCUT2D eigenvalue weighted by Crippen LogP contribution is 2.38. The summed E-state index contributed by atoms with van der Waals surface area (Å²) in [5, 5.41) is 5.83. The van der Waals surface area contributed by atoms with Crippen LogP contribution in [-0.2, 0) is 0 Å². The molecule has 0 N–H and O–H groups in total. The molecule has 0 aliphatic rings. The van der Waals surface area contributed by atoms with Gasteiger partial charge >= 0.3 is 0 Å². The van der Waals surface area contributed by atoms with Gasteiger partial charge in [0.15, 0.2) is 5.78 Å². The molecule has 0 aliphatic heterocycles. The molecule has 0 saturated carbocycles. The van der Waals surface area contributed by atoms with E-state index in [0.717, 1.165) is 33.2 Å². The summed E-state index contributed by atoms with van der Waals surface area (Å²) in [7, 11) is 0. The second kappa shape index (κ2) is 8.82. The predicted molar refractivity (Wildman–Crippen MR) is 165 cm³/mol. The maximum Gasteiger partial charge on any atom is 0.193 e. The number of fused-ring (bicyclic) bond motifs is 6. The lowest BCUT2D eigenvalue weighted by molar-refractivity contribution is 0.103. The Morgan fingerprint density at radius 2 is 1.20 bits per heavy atom. The van der Waals surface area contributed by atoms with Gasteiger partial charge in [-0.05, 0) is 71.4 Å². The molecule has 6 aromatic carbocycles. The molecule has 2 heterocycles. The fraction of sp³-hybridized carbons (Fsp3) is 0. The van der Waals surface area contributed by atoms with Crippen molar-refractivity contribution in [3.05, 3.63) is 157 Å². The lowest BCUT2D eigenvalue weighted by atomic mass is 10.00. The normalized spacial score (nSPS) is 11.6. The van der Waals surface area contributed by atoms with E-state index in [9.17, 15) is 4.79 Å². The Bertz CT molecular complexity index is 2220. The van der Waals surface area contributed by atoms with Gasteiger partial charge in [0.1, 0.15) is 0 Å². The summed E-state index contributed by atoms with van der Waals surface area (Å²) in [4.78, 5) is 13.4. The van der Waals surface area contributed by atoms with E-state index >= 15 is 0 Å². The molecule has 0 amide bonds. The van der Waals surface area contributed by atoms with Crippen molar-refractivity contribution >= 4 is 49.3 Å².